The molecular weight excluding hydrogens is 222 g/mol. The molecule has 84 valence electrons. The fraction of sp³-hybridized carbons (Fsp3) is 0.273. The Morgan fingerprint density at radius 3 is 2.75 bits per heavy atom. The Balaban J connectivity index is 2.49. The van der Waals surface area contributed by atoms with E-state index in [-0.39, 0.29) is 0 Å². The van der Waals surface area contributed by atoms with Crippen LogP contribution in [0.5, 0.6) is 5.75 Å². The van der Waals surface area contributed by atoms with Crippen LogP contribution in [0.3, 0.4) is 0 Å². The molecule has 0 spiro atoms. The van der Waals surface area contributed by atoms with Crippen LogP contribution in [-0.4, -0.2) is 24.4 Å². The second-order valence-electron chi connectivity index (χ2n) is 3.37. The van der Waals surface area contributed by atoms with Gasteiger partial charge in [-0.05, 0) is 19.1 Å². The number of rotatable bonds is 3. The highest BCUT2D eigenvalue weighted by Crippen LogP contribution is 2.33. The van der Waals surface area contributed by atoms with Gasteiger partial charge in [0.2, 0.25) is 5.13 Å². The minimum absolute atomic E-state index is 0.804. The van der Waals surface area contributed by atoms with Crippen molar-refractivity contribution in [3.8, 4) is 16.3 Å². The summed E-state index contributed by atoms with van der Waals surface area (Å²) in [6, 6.07) is 6.02. The Hall–Kier alpha value is -1.62. The minimum Gasteiger partial charge on any atom is -0.496 e. The van der Waals surface area contributed by atoms with Crippen molar-refractivity contribution in [3.63, 3.8) is 0 Å². The second-order valence-corrected chi connectivity index (χ2v) is 4.34. The van der Waals surface area contributed by atoms with E-state index in [0.29, 0.717) is 0 Å². The SMILES string of the molecule is CNc1nnc(-c2cc(C)ccc2OC)s1. The topological polar surface area (TPSA) is 47.0 Å². The van der Waals surface area contributed by atoms with Gasteiger partial charge in [0, 0.05) is 7.05 Å². The van der Waals surface area contributed by atoms with Gasteiger partial charge in [0.15, 0.2) is 5.01 Å². The van der Waals surface area contributed by atoms with Gasteiger partial charge in [0.1, 0.15) is 5.75 Å². The lowest BCUT2D eigenvalue weighted by Gasteiger charge is -2.05. The zero-order valence-corrected chi connectivity index (χ0v) is 10.3. The normalized spacial score (nSPS) is 10.2. The first kappa shape index (κ1) is 10.9. The van der Waals surface area contributed by atoms with Crippen molar-refractivity contribution in [2.24, 2.45) is 0 Å². The first-order chi connectivity index (χ1) is 7.74. The fourth-order valence-electron chi connectivity index (χ4n) is 1.42. The van der Waals surface area contributed by atoms with E-state index in [9.17, 15) is 0 Å². The van der Waals surface area contributed by atoms with E-state index >= 15 is 0 Å². The van der Waals surface area contributed by atoms with Gasteiger partial charge in [-0.3, -0.25) is 0 Å². The summed E-state index contributed by atoms with van der Waals surface area (Å²) in [5.74, 6) is 0.824. The molecule has 2 rings (SSSR count). The first-order valence-corrected chi connectivity index (χ1v) is 5.72. The maximum atomic E-state index is 5.32. The van der Waals surface area contributed by atoms with Crippen molar-refractivity contribution in [2.75, 3.05) is 19.5 Å². The number of anilines is 1. The number of benzene rings is 1. The molecule has 0 saturated carbocycles. The van der Waals surface area contributed by atoms with Crippen LogP contribution in [0, 0.1) is 6.92 Å². The smallest absolute Gasteiger partial charge is 0.205 e. The van der Waals surface area contributed by atoms with Gasteiger partial charge in [-0.2, -0.15) is 0 Å². The standard InChI is InChI=1S/C11H13N3OS/c1-7-4-5-9(15-3)8(6-7)10-13-14-11(12-2)16-10/h4-6H,1-3H3,(H,12,14). The molecule has 1 heterocycles. The quantitative estimate of drug-likeness (QED) is 0.888. The largest absolute Gasteiger partial charge is 0.496 e. The van der Waals surface area contributed by atoms with E-state index in [4.69, 9.17) is 4.74 Å². The summed E-state index contributed by atoms with van der Waals surface area (Å²) in [5.41, 5.74) is 2.17. The summed E-state index contributed by atoms with van der Waals surface area (Å²) in [6.45, 7) is 2.04. The zero-order chi connectivity index (χ0) is 11.5. The van der Waals surface area contributed by atoms with Crippen molar-refractivity contribution in [1.29, 1.82) is 0 Å². The van der Waals surface area contributed by atoms with Crippen LogP contribution in [0.15, 0.2) is 18.2 Å². The van der Waals surface area contributed by atoms with Crippen molar-refractivity contribution >= 4 is 16.5 Å². The lowest BCUT2D eigenvalue weighted by molar-refractivity contribution is 0.416. The van der Waals surface area contributed by atoms with Crippen LogP contribution in [-0.2, 0) is 0 Å². The van der Waals surface area contributed by atoms with E-state index in [1.165, 1.54) is 16.9 Å². The lowest BCUT2D eigenvalue weighted by atomic mass is 10.1. The van der Waals surface area contributed by atoms with E-state index in [2.05, 4.69) is 21.6 Å². The molecular formula is C11H13N3OS. The summed E-state index contributed by atoms with van der Waals surface area (Å²) in [4.78, 5) is 0. The van der Waals surface area contributed by atoms with Crippen LogP contribution >= 0.6 is 11.3 Å². The van der Waals surface area contributed by atoms with Gasteiger partial charge < -0.3 is 10.1 Å². The monoisotopic (exact) mass is 235 g/mol. The highest BCUT2D eigenvalue weighted by Gasteiger charge is 2.11. The molecule has 0 atom stereocenters. The molecule has 0 fully saturated rings. The number of ether oxygens (including phenoxy) is 1. The summed E-state index contributed by atoms with van der Waals surface area (Å²) in [7, 11) is 3.49. The summed E-state index contributed by atoms with van der Waals surface area (Å²) in [6.07, 6.45) is 0. The number of methoxy groups -OCH3 is 1. The molecule has 5 heteroatoms. The highest BCUT2D eigenvalue weighted by molar-refractivity contribution is 7.18. The average Bonchev–Trinajstić information content (AvgIpc) is 2.77. The molecule has 0 unspecified atom stereocenters. The molecule has 0 amide bonds. The van der Waals surface area contributed by atoms with Gasteiger partial charge in [0.05, 0.1) is 12.7 Å². The van der Waals surface area contributed by atoms with Crippen LogP contribution < -0.4 is 10.1 Å². The Morgan fingerprint density at radius 2 is 2.12 bits per heavy atom. The van der Waals surface area contributed by atoms with Crippen molar-refractivity contribution < 1.29 is 4.74 Å². The first-order valence-electron chi connectivity index (χ1n) is 4.91. The molecule has 0 bridgehead atoms. The predicted octanol–water partition coefficient (Wildman–Crippen LogP) is 2.56. The molecule has 2 aromatic rings. The zero-order valence-electron chi connectivity index (χ0n) is 9.44. The Bertz CT molecular complexity index is 496. The summed E-state index contributed by atoms with van der Waals surface area (Å²) >= 11 is 1.51. The number of hydrogen-bond acceptors (Lipinski definition) is 5. The van der Waals surface area contributed by atoms with Crippen molar-refractivity contribution in [2.45, 2.75) is 6.92 Å². The fourth-order valence-corrected chi connectivity index (χ4v) is 2.14. The molecule has 0 aliphatic heterocycles. The molecule has 0 aliphatic rings. The van der Waals surface area contributed by atoms with E-state index in [0.717, 1.165) is 21.5 Å². The van der Waals surface area contributed by atoms with Gasteiger partial charge in [-0.25, -0.2) is 0 Å². The number of aryl methyl sites for hydroxylation is 1. The van der Waals surface area contributed by atoms with Gasteiger partial charge in [0.25, 0.3) is 0 Å². The Morgan fingerprint density at radius 1 is 1.31 bits per heavy atom. The van der Waals surface area contributed by atoms with E-state index < -0.39 is 0 Å². The molecule has 0 radical (unpaired) electrons. The third kappa shape index (κ3) is 1.99. The average molecular weight is 235 g/mol. The number of nitrogens with zero attached hydrogens (tertiary/aromatic N) is 2. The second kappa shape index (κ2) is 4.49. The lowest BCUT2D eigenvalue weighted by Crippen LogP contribution is -1.88. The molecule has 1 N–H and O–H groups in total. The maximum Gasteiger partial charge on any atom is 0.205 e. The Labute approximate surface area is 98.3 Å². The molecule has 1 aromatic carbocycles. The molecule has 1 aromatic heterocycles. The van der Waals surface area contributed by atoms with Crippen LogP contribution in [0.2, 0.25) is 0 Å². The summed E-state index contributed by atoms with van der Waals surface area (Å²) in [5, 5.41) is 12.8. The van der Waals surface area contributed by atoms with Crippen molar-refractivity contribution in [3.05, 3.63) is 23.8 Å². The summed E-state index contributed by atoms with van der Waals surface area (Å²) < 4.78 is 5.32. The minimum atomic E-state index is 0.804. The van der Waals surface area contributed by atoms with E-state index in [1.807, 2.05) is 26.1 Å². The molecule has 16 heavy (non-hydrogen) atoms. The van der Waals surface area contributed by atoms with Gasteiger partial charge in [-0.15, -0.1) is 10.2 Å². The molecule has 4 nitrogen and oxygen atoms in total. The van der Waals surface area contributed by atoms with Gasteiger partial charge in [-0.1, -0.05) is 23.0 Å². The third-order valence-corrected chi connectivity index (χ3v) is 3.20. The number of aromatic nitrogens is 2. The highest BCUT2D eigenvalue weighted by atomic mass is 32.1. The van der Waals surface area contributed by atoms with Crippen LogP contribution in [0.25, 0.3) is 10.6 Å². The van der Waals surface area contributed by atoms with Crippen LogP contribution in [0.4, 0.5) is 5.13 Å². The molecule has 0 saturated heterocycles. The molecule has 0 aliphatic carbocycles. The van der Waals surface area contributed by atoms with Gasteiger partial charge >= 0.3 is 0 Å². The predicted molar refractivity (Wildman–Crippen MR) is 66.2 cm³/mol. The third-order valence-electron chi connectivity index (χ3n) is 2.22. The number of nitrogens with one attached hydrogen (secondary N) is 1. The number of hydrogen-bond donors (Lipinski definition) is 1. The maximum absolute atomic E-state index is 5.32. The van der Waals surface area contributed by atoms with E-state index in [1.54, 1.807) is 7.11 Å². The van der Waals surface area contributed by atoms with Crippen molar-refractivity contribution in [1.82, 2.24) is 10.2 Å². The Kier molecular flexibility index (Phi) is 3.05. The van der Waals surface area contributed by atoms with Crippen LogP contribution in [0.1, 0.15) is 5.56 Å².